The Morgan fingerprint density at radius 3 is 2.29 bits per heavy atom. The van der Waals surface area contributed by atoms with Crippen LogP contribution in [0.25, 0.3) is 11.1 Å². The lowest BCUT2D eigenvalue weighted by Crippen LogP contribution is -2.24. The van der Waals surface area contributed by atoms with E-state index in [1.807, 2.05) is 19.1 Å². The molecule has 1 heterocycles. The zero-order valence-corrected chi connectivity index (χ0v) is 10.7. The molecule has 1 N–H and O–H groups in total. The van der Waals surface area contributed by atoms with Crippen LogP contribution in [0.3, 0.4) is 0 Å². The maximum Gasteiger partial charge on any atom is 0.217 e. The lowest BCUT2D eigenvalue weighted by Gasteiger charge is -2.11. The molecule has 0 spiro atoms. The van der Waals surface area contributed by atoms with Gasteiger partial charge in [0.1, 0.15) is 0 Å². The standard InChI is InChI=1S/C14H14NOS/c1-10(15-11(2)16)12-3-5-13(6-4-12)14-7-8-17-9-14/h3-9H,1-2H3,(H,15,16). The van der Waals surface area contributed by atoms with Gasteiger partial charge in [-0.15, -0.1) is 0 Å². The van der Waals surface area contributed by atoms with Crippen LogP contribution in [0.2, 0.25) is 0 Å². The van der Waals surface area contributed by atoms with E-state index < -0.39 is 0 Å². The first kappa shape index (κ1) is 11.9. The molecule has 0 aliphatic heterocycles. The van der Waals surface area contributed by atoms with Gasteiger partial charge in [-0.05, 0) is 40.4 Å². The molecule has 0 unspecified atom stereocenters. The normalized spacial score (nSPS) is 10.5. The van der Waals surface area contributed by atoms with E-state index in [1.165, 1.54) is 18.1 Å². The van der Waals surface area contributed by atoms with Gasteiger partial charge < -0.3 is 5.32 Å². The molecule has 1 radical (unpaired) electrons. The summed E-state index contributed by atoms with van der Waals surface area (Å²) in [5.74, 6) is -0.0376. The van der Waals surface area contributed by atoms with E-state index in [0.29, 0.717) is 0 Å². The first-order valence-corrected chi connectivity index (χ1v) is 6.35. The van der Waals surface area contributed by atoms with Crippen LogP contribution < -0.4 is 5.32 Å². The van der Waals surface area contributed by atoms with Crippen molar-refractivity contribution in [1.82, 2.24) is 5.32 Å². The largest absolute Gasteiger partial charge is 0.344 e. The molecule has 2 aromatic rings. The fourth-order valence-corrected chi connectivity index (χ4v) is 2.34. The molecule has 1 aromatic heterocycles. The minimum Gasteiger partial charge on any atom is -0.344 e. The maximum absolute atomic E-state index is 11.0. The smallest absolute Gasteiger partial charge is 0.217 e. The van der Waals surface area contributed by atoms with Crippen molar-refractivity contribution < 1.29 is 4.79 Å². The van der Waals surface area contributed by atoms with Crippen molar-refractivity contribution in [2.24, 2.45) is 0 Å². The molecule has 0 aliphatic carbocycles. The van der Waals surface area contributed by atoms with Crippen LogP contribution in [-0.2, 0) is 4.79 Å². The molecule has 0 saturated carbocycles. The van der Waals surface area contributed by atoms with Crippen LogP contribution in [-0.4, -0.2) is 5.91 Å². The Morgan fingerprint density at radius 2 is 1.76 bits per heavy atom. The fraction of sp³-hybridized carbons (Fsp3) is 0.143. The Kier molecular flexibility index (Phi) is 3.59. The van der Waals surface area contributed by atoms with Crippen LogP contribution in [0, 0.1) is 6.04 Å². The average Bonchev–Trinajstić information content (AvgIpc) is 2.82. The number of thiophene rings is 1. The highest BCUT2D eigenvalue weighted by atomic mass is 32.1. The first-order chi connectivity index (χ1) is 8.16. The van der Waals surface area contributed by atoms with Crippen molar-refractivity contribution in [2.75, 3.05) is 0 Å². The number of amides is 1. The highest BCUT2D eigenvalue weighted by molar-refractivity contribution is 7.08. The molecule has 1 aromatic carbocycles. The summed E-state index contributed by atoms with van der Waals surface area (Å²) in [5, 5.41) is 6.98. The van der Waals surface area contributed by atoms with E-state index in [-0.39, 0.29) is 5.91 Å². The molecular weight excluding hydrogens is 230 g/mol. The van der Waals surface area contributed by atoms with E-state index in [2.05, 4.69) is 34.3 Å². The average molecular weight is 244 g/mol. The van der Waals surface area contributed by atoms with Crippen LogP contribution >= 0.6 is 11.3 Å². The molecule has 0 saturated heterocycles. The van der Waals surface area contributed by atoms with Gasteiger partial charge in [0.15, 0.2) is 0 Å². The van der Waals surface area contributed by atoms with Crippen molar-refractivity contribution in [1.29, 1.82) is 0 Å². The van der Waals surface area contributed by atoms with Gasteiger partial charge in [0.2, 0.25) is 5.91 Å². The second kappa shape index (κ2) is 5.15. The van der Waals surface area contributed by atoms with Gasteiger partial charge in [0, 0.05) is 6.92 Å². The Morgan fingerprint density at radius 1 is 1.06 bits per heavy atom. The quantitative estimate of drug-likeness (QED) is 0.880. The molecular formula is C14H14NOS. The molecule has 87 valence electrons. The third-order valence-corrected chi connectivity index (χ3v) is 3.22. The van der Waals surface area contributed by atoms with Crippen LogP contribution in [0.4, 0.5) is 0 Å². The molecule has 3 heteroatoms. The number of hydrogen-bond donors (Lipinski definition) is 1. The van der Waals surface area contributed by atoms with E-state index >= 15 is 0 Å². The number of rotatable bonds is 3. The summed E-state index contributed by atoms with van der Waals surface area (Å²) in [6.45, 7) is 3.42. The molecule has 0 bridgehead atoms. The Hall–Kier alpha value is -1.61. The third-order valence-electron chi connectivity index (χ3n) is 2.54. The van der Waals surface area contributed by atoms with Crippen molar-refractivity contribution in [2.45, 2.75) is 13.8 Å². The maximum atomic E-state index is 11.0. The van der Waals surface area contributed by atoms with Crippen LogP contribution in [0.15, 0.2) is 41.1 Å². The molecule has 0 aliphatic rings. The first-order valence-electron chi connectivity index (χ1n) is 5.41. The molecule has 1 amide bonds. The third kappa shape index (κ3) is 2.94. The summed E-state index contributed by atoms with van der Waals surface area (Å²) in [4.78, 5) is 11.0. The second-order valence-electron chi connectivity index (χ2n) is 3.90. The molecule has 0 fully saturated rings. The summed E-state index contributed by atoms with van der Waals surface area (Å²) in [6.07, 6.45) is 0. The monoisotopic (exact) mass is 244 g/mol. The van der Waals surface area contributed by atoms with Crippen molar-refractivity contribution in [3.05, 3.63) is 52.7 Å². The van der Waals surface area contributed by atoms with Gasteiger partial charge in [-0.2, -0.15) is 11.3 Å². The number of carbonyl (C=O) groups is 1. The highest BCUT2D eigenvalue weighted by Crippen LogP contribution is 2.23. The SMILES string of the molecule is C[C](NC(C)=O)c1ccc(-c2ccsc2)cc1. The topological polar surface area (TPSA) is 29.1 Å². The summed E-state index contributed by atoms with van der Waals surface area (Å²) < 4.78 is 0. The summed E-state index contributed by atoms with van der Waals surface area (Å²) in [5.41, 5.74) is 3.48. The van der Waals surface area contributed by atoms with Gasteiger partial charge in [-0.25, -0.2) is 0 Å². The minimum atomic E-state index is -0.0376. The summed E-state index contributed by atoms with van der Waals surface area (Å²) in [6, 6.07) is 11.2. The van der Waals surface area contributed by atoms with Crippen molar-refractivity contribution in [3.63, 3.8) is 0 Å². The van der Waals surface area contributed by atoms with Gasteiger partial charge in [-0.1, -0.05) is 24.3 Å². The predicted octanol–water partition coefficient (Wildman–Crippen LogP) is 3.45. The fourth-order valence-electron chi connectivity index (χ4n) is 1.68. The lowest BCUT2D eigenvalue weighted by atomic mass is 10.0. The highest BCUT2D eigenvalue weighted by Gasteiger charge is 2.07. The van der Waals surface area contributed by atoms with Gasteiger partial charge in [0.25, 0.3) is 0 Å². The van der Waals surface area contributed by atoms with Gasteiger partial charge in [-0.3, -0.25) is 4.79 Å². The number of carbonyl (C=O) groups excluding carboxylic acids is 1. The minimum absolute atomic E-state index is 0.0376. The second-order valence-corrected chi connectivity index (χ2v) is 4.68. The number of hydrogen-bond acceptors (Lipinski definition) is 2. The predicted molar refractivity (Wildman–Crippen MR) is 71.6 cm³/mol. The zero-order valence-electron chi connectivity index (χ0n) is 9.86. The van der Waals surface area contributed by atoms with Crippen LogP contribution in [0.1, 0.15) is 19.4 Å². The molecule has 0 atom stereocenters. The van der Waals surface area contributed by atoms with E-state index in [1.54, 1.807) is 11.3 Å². The van der Waals surface area contributed by atoms with Crippen LogP contribution in [0.5, 0.6) is 0 Å². The molecule has 2 rings (SSSR count). The Balaban J connectivity index is 2.15. The summed E-state index contributed by atoms with van der Waals surface area (Å²) in [7, 11) is 0. The Bertz CT molecular complexity index is 487. The van der Waals surface area contributed by atoms with Gasteiger partial charge in [0.05, 0.1) is 6.04 Å². The van der Waals surface area contributed by atoms with Gasteiger partial charge >= 0.3 is 0 Å². The number of benzene rings is 1. The van der Waals surface area contributed by atoms with Crippen molar-refractivity contribution in [3.8, 4) is 11.1 Å². The molecule has 2 nitrogen and oxygen atoms in total. The zero-order chi connectivity index (χ0) is 12.3. The van der Waals surface area contributed by atoms with E-state index in [9.17, 15) is 4.79 Å². The molecule has 17 heavy (non-hydrogen) atoms. The van der Waals surface area contributed by atoms with E-state index in [4.69, 9.17) is 0 Å². The van der Waals surface area contributed by atoms with Crippen molar-refractivity contribution >= 4 is 17.2 Å². The number of nitrogens with one attached hydrogen (secondary N) is 1. The Labute approximate surface area is 105 Å². The van der Waals surface area contributed by atoms with E-state index in [0.717, 1.165) is 11.6 Å². The summed E-state index contributed by atoms with van der Waals surface area (Å²) >= 11 is 1.69. The lowest BCUT2D eigenvalue weighted by molar-refractivity contribution is -0.118.